The molecule has 3 nitrogen and oxygen atoms in total. The van der Waals surface area contributed by atoms with Crippen LogP contribution in [0.2, 0.25) is 0 Å². The summed E-state index contributed by atoms with van der Waals surface area (Å²) >= 11 is 0. The topological polar surface area (TPSA) is 51.2 Å². The monoisotopic (exact) mass is 328 g/mol. The van der Waals surface area contributed by atoms with Crippen LogP contribution in [0.3, 0.4) is 0 Å². The molecule has 3 heteroatoms. The van der Waals surface area contributed by atoms with E-state index >= 15 is 0 Å². The fraction of sp³-hybridized carbons (Fsp3) is 0.762. The first-order valence-corrected chi connectivity index (χ1v) is 9.53. The van der Waals surface area contributed by atoms with Crippen molar-refractivity contribution >= 4 is 17.3 Å². The number of carbonyl (C=O) groups excluding carboxylic acids is 3. The molecule has 0 saturated heterocycles. The van der Waals surface area contributed by atoms with Gasteiger partial charge in [-0.3, -0.25) is 14.4 Å². The SMILES string of the molecule is CC(=O)[C@@H]1CC[C@H]2[C@@H]3CC(=O)[C@H]4CC(=O)CC[C@]4(C)C3=CC[C@]12C. The van der Waals surface area contributed by atoms with Crippen molar-refractivity contribution in [2.45, 2.75) is 65.7 Å². The fourth-order valence-electron chi connectivity index (χ4n) is 6.80. The van der Waals surface area contributed by atoms with Gasteiger partial charge >= 0.3 is 0 Å². The first-order chi connectivity index (χ1) is 11.3. The Morgan fingerprint density at radius 1 is 1.17 bits per heavy atom. The van der Waals surface area contributed by atoms with Crippen LogP contribution in [-0.4, -0.2) is 17.3 Å². The fourth-order valence-corrected chi connectivity index (χ4v) is 6.80. The summed E-state index contributed by atoms with van der Waals surface area (Å²) in [5.41, 5.74) is 1.35. The van der Waals surface area contributed by atoms with Gasteiger partial charge in [-0.25, -0.2) is 0 Å². The van der Waals surface area contributed by atoms with Gasteiger partial charge in [0.25, 0.3) is 0 Å². The highest BCUT2D eigenvalue weighted by molar-refractivity contribution is 5.92. The first kappa shape index (κ1) is 16.2. The molecule has 0 bridgehead atoms. The van der Waals surface area contributed by atoms with Crippen LogP contribution in [-0.2, 0) is 14.4 Å². The van der Waals surface area contributed by atoms with Crippen LogP contribution in [0.5, 0.6) is 0 Å². The van der Waals surface area contributed by atoms with Crippen LogP contribution in [0.4, 0.5) is 0 Å². The van der Waals surface area contributed by atoms with Crippen molar-refractivity contribution in [3.63, 3.8) is 0 Å². The summed E-state index contributed by atoms with van der Waals surface area (Å²) in [7, 11) is 0. The average Bonchev–Trinajstić information content (AvgIpc) is 2.87. The van der Waals surface area contributed by atoms with E-state index in [9.17, 15) is 14.4 Å². The lowest BCUT2D eigenvalue weighted by molar-refractivity contribution is -0.139. The maximum atomic E-state index is 12.9. The molecule has 0 N–H and O–H groups in total. The van der Waals surface area contributed by atoms with E-state index < -0.39 is 0 Å². The van der Waals surface area contributed by atoms with E-state index in [4.69, 9.17) is 0 Å². The molecule has 0 heterocycles. The molecule has 0 aromatic rings. The lowest BCUT2D eigenvalue weighted by atomic mass is 9.48. The van der Waals surface area contributed by atoms with Crippen LogP contribution in [0.15, 0.2) is 11.6 Å². The van der Waals surface area contributed by atoms with Gasteiger partial charge in [-0.1, -0.05) is 25.5 Å². The number of ketones is 3. The molecule has 4 aliphatic carbocycles. The van der Waals surface area contributed by atoms with Gasteiger partial charge in [-0.05, 0) is 55.3 Å². The van der Waals surface area contributed by atoms with Crippen LogP contribution >= 0.6 is 0 Å². The molecular weight excluding hydrogens is 300 g/mol. The van der Waals surface area contributed by atoms with Crippen molar-refractivity contribution in [3.05, 3.63) is 11.6 Å². The zero-order valence-electron chi connectivity index (χ0n) is 15.1. The van der Waals surface area contributed by atoms with E-state index in [1.54, 1.807) is 6.92 Å². The maximum absolute atomic E-state index is 12.9. The Hall–Kier alpha value is -1.25. The predicted molar refractivity (Wildman–Crippen MR) is 91.3 cm³/mol. The molecule has 0 aromatic carbocycles. The minimum absolute atomic E-state index is 0.0218. The number of carbonyl (C=O) groups is 3. The van der Waals surface area contributed by atoms with Gasteiger partial charge in [-0.2, -0.15) is 0 Å². The van der Waals surface area contributed by atoms with E-state index in [1.165, 1.54) is 5.57 Å². The van der Waals surface area contributed by atoms with Gasteiger partial charge in [0.1, 0.15) is 17.3 Å². The molecule has 0 unspecified atom stereocenters. The Labute approximate surface area is 144 Å². The molecule has 0 aromatic heterocycles. The van der Waals surface area contributed by atoms with E-state index in [0.717, 1.165) is 25.7 Å². The Morgan fingerprint density at radius 3 is 2.62 bits per heavy atom. The molecule has 4 aliphatic rings. The summed E-state index contributed by atoms with van der Waals surface area (Å²) in [4.78, 5) is 36.9. The second kappa shape index (κ2) is 5.12. The number of hydrogen-bond acceptors (Lipinski definition) is 3. The van der Waals surface area contributed by atoms with E-state index in [2.05, 4.69) is 19.9 Å². The van der Waals surface area contributed by atoms with Crippen molar-refractivity contribution in [1.82, 2.24) is 0 Å². The molecular formula is C21H28O3. The van der Waals surface area contributed by atoms with Gasteiger partial charge in [0.2, 0.25) is 0 Å². The predicted octanol–water partition coefficient (Wildman–Crippen LogP) is 3.90. The number of fused-ring (bicyclic) bond motifs is 5. The first-order valence-electron chi connectivity index (χ1n) is 9.53. The summed E-state index contributed by atoms with van der Waals surface area (Å²) in [5, 5.41) is 0. The van der Waals surface area contributed by atoms with Gasteiger partial charge in [0.15, 0.2) is 0 Å². The number of rotatable bonds is 1. The van der Waals surface area contributed by atoms with E-state index in [0.29, 0.717) is 42.7 Å². The third-order valence-corrected chi connectivity index (χ3v) is 8.14. The minimum Gasteiger partial charge on any atom is -0.300 e. The van der Waals surface area contributed by atoms with Crippen molar-refractivity contribution in [2.75, 3.05) is 0 Å². The van der Waals surface area contributed by atoms with Crippen LogP contribution in [0, 0.1) is 34.5 Å². The lowest BCUT2D eigenvalue weighted by Gasteiger charge is -2.55. The van der Waals surface area contributed by atoms with Gasteiger partial charge in [-0.15, -0.1) is 0 Å². The maximum Gasteiger partial charge on any atom is 0.137 e. The van der Waals surface area contributed by atoms with Crippen molar-refractivity contribution < 1.29 is 14.4 Å². The highest BCUT2D eigenvalue weighted by Gasteiger charge is 2.59. The molecule has 24 heavy (non-hydrogen) atoms. The van der Waals surface area contributed by atoms with Crippen LogP contribution in [0.25, 0.3) is 0 Å². The van der Waals surface area contributed by atoms with Crippen molar-refractivity contribution in [2.24, 2.45) is 34.5 Å². The van der Waals surface area contributed by atoms with E-state index in [-0.39, 0.29) is 28.4 Å². The average molecular weight is 328 g/mol. The lowest BCUT2D eigenvalue weighted by Crippen LogP contribution is -2.51. The van der Waals surface area contributed by atoms with E-state index in [1.807, 2.05) is 0 Å². The standard InChI is InChI=1S/C21H28O3/c1-12(22)15-4-5-16-14-11-19(24)18-10-13(23)6-8-21(18,3)17(14)7-9-20(15,16)2/h7,14-16,18H,4-6,8-11H2,1-3H3/t14-,15-,16-,18+,20+,21+/m0/s1. The smallest absolute Gasteiger partial charge is 0.137 e. The zero-order chi connectivity index (χ0) is 17.3. The number of Topliss-reactive ketones (excluding diaryl/α,β-unsaturated/α-hetero) is 3. The van der Waals surface area contributed by atoms with Gasteiger partial charge in [0.05, 0.1) is 0 Å². The highest BCUT2D eigenvalue weighted by atomic mass is 16.1. The second-order valence-electron chi connectivity index (χ2n) is 9.21. The Kier molecular flexibility index (Phi) is 3.47. The zero-order valence-corrected chi connectivity index (χ0v) is 15.1. The molecule has 0 aliphatic heterocycles. The molecule has 4 rings (SSSR count). The molecule has 0 radical (unpaired) electrons. The normalized spacial score (nSPS) is 47.5. The Morgan fingerprint density at radius 2 is 1.92 bits per heavy atom. The Bertz CT molecular complexity index is 660. The molecule has 6 atom stereocenters. The molecule has 3 saturated carbocycles. The third-order valence-electron chi connectivity index (χ3n) is 8.14. The summed E-state index contributed by atoms with van der Waals surface area (Å²) in [6.45, 7) is 6.22. The summed E-state index contributed by atoms with van der Waals surface area (Å²) in [6, 6.07) is 0. The molecule has 3 fully saturated rings. The Balaban J connectivity index is 1.75. The van der Waals surface area contributed by atoms with Crippen LogP contribution in [0.1, 0.15) is 65.7 Å². The third kappa shape index (κ3) is 1.99. The number of hydrogen-bond donors (Lipinski definition) is 0. The molecule has 130 valence electrons. The number of allylic oxidation sites excluding steroid dienone is 2. The van der Waals surface area contributed by atoms with Crippen LogP contribution < -0.4 is 0 Å². The van der Waals surface area contributed by atoms with Crippen molar-refractivity contribution in [3.8, 4) is 0 Å². The van der Waals surface area contributed by atoms with Gasteiger partial charge in [0, 0.05) is 31.1 Å². The largest absolute Gasteiger partial charge is 0.300 e. The summed E-state index contributed by atoms with van der Waals surface area (Å²) < 4.78 is 0. The summed E-state index contributed by atoms with van der Waals surface area (Å²) in [5.74, 6) is 1.66. The molecule has 0 spiro atoms. The minimum atomic E-state index is -0.121. The van der Waals surface area contributed by atoms with Crippen molar-refractivity contribution in [1.29, 1.82) is 0 Å². The molecule has 0 amide bonds. The summed E-state index contributed by atoms with van der Waals surface area (Å²) in [6.07, 6.45) is 7.83. The quantitative estimate of drug-likeness (QED) is 0.686. The second-order valence-corrected chi connectivity index (χ2v) is 9.21. The van der Waals surface area contributed by atoms with Gasteiger partial charge < -0.3 is 0 Å². The highest BCUT2D eigenvalue weighted by Crippen LogP contribution is 2.64.